The third-order valence-corrected chi connectivity index (χ3v) is 14.1. The molecule has 2 heterocycles. The second-order valence-electron chi connectivity index (χ2n) is 13.4. The van der Waals surface area contributed by atoms with Crippen LogP contribution in [-0.4, -0.2) is 91.5 Å². The first-order valence-electron chi connectivity index (χ1n) is 15.2. The average molecular weight is 660 g/mol. The fourth-order valence-corrected chi connectivity index (χ4v) is 7.46. The quantitative estimate of drug-likeness (QED) is 0.155. The molecule has 45 heavy (non-hydrogen) atoms. The number of carbonyl (C=O) groups excluding carboxylic acids is 3. The van der Waals surface area contributed by atoms with E-state index in [0.29, 0.717) is 5.03 Å². The summed E-state index contributed by atoms with van der Waals surface area (Å²) in [6.07, 6.45) is 0.337. The van der Waals surface area contributed by atoms with Crippen molar-refractivity contribution < 1.29 is 33.0 Å². The molecule has 1 aromatic carbocycles. The molecule has 1 saturated heterocycles. The van der Waals surface area contributed by atoms with Crippen molar-refractivity contribution in [2.75, 3.05) is 27.5 Å². The number of thioether (sulfide) groups is 1. The number of pyridine rings is 1. The Labute approximate surface area is 273 Å². The van der Waals surface area contributed by atoms with Gasteiger partial charge in [0, 0.05) is 26.9 Å². The summed E-state index contributed by atoms with van der Waals surface area (Å²) in [5.41, 5.74) is -0.423. The largest absolute Gasteiger partial charge is 0.445 e. The van der Waals surface area contributed by atoms with E-state index in [1.165, 1.54) is 16.9 Å². The monoisotopic (exact) mass is 659 g/mol. The van der Waals surface area contributed by atoms with Crippen LogP contribution in [0.2, 0.25) is 18.1 Å². The molecule has 1 aliphatic rings. The van der Waals surface area contributed by atoms with Crippen LogP contribution in [0.3, 0.4) is 0 Å². The summed E-state index contributed by atoms with van der Waals surface area (Å²) in [6, 6.07) is 12.7. The number of likely N-dealkylation sites (tertiary alicyclic amines) is 1. The van der Waals surface area contributed by atoms with Crippen molar-refractivity contribution in [2.24, 2.45) is 5.92 Å². The highest BCUT2D eigenvalue weighted by atomic mass is 32.2. The molecule has 3 rings (SSSR count). The molecule has 2 aromatic rings. The predicted molar refractivity (Wildman–Crippen MR) is 177 cm³/mol. The number of carbonyl (C=O) groups is 3. The Kier molecular flexibility index (Phi) is 12.4. The lowest BCUT2D eigenvalue weighted by atomic mass is 9.94. The summed E-state index contributed by atoms with van der Waals surface area (Å²) in [7, 11) is 0.654. The molecule has 2 amide bonds. The second-order valence-corrected chi connectivity index (χ2v) is 19.2. The van der Waals surface area contributed by atoms with Crippen LogP contribution in [0.4, 0.5) is 4.79 Å². The number of rotatable bonds is 12. The van der Waals surface area contributed by atoms with Gasteiger partial charge in [-0.3, -0.25) is 14.5 Å². The number of nitrogens with zero attached hydrogens (tertiary/aromatic N) is 3. The number of hydrogen-bond acceptors (Lipinski definition) is 9. The summed E-state index contributed by atoms with van der Waals surface area (Å²) in [4.78, 5) is 49.3. The summed E-state index contributed by atoms with van der Waals surface area (Å²) in [6.45, 7) is 16.3. The third kappa shape index (κ3) is 8.73. The second kappa shape index (κ2) is 15.2. The SMILES string of the molecule is COCO[C@]1(C)[C@H](O[Si](C)(C)C(C)(C)C)CN(C(=O)[C@H](C(C)C)N(C)C(=O)OCc2ccccc2)[C@@H]1C(=O)Sc1ccccn1. The zero-order chi connectivity index (χ0) is 33.6. The molecule has 1 fully saturated rings. The lowest BCUT2D eigenvalue weighted by Gasteiger charge is -2.43. The Bertz CT molecular complexity index is 1290. The van der Waals surface area contributed by atoms with Gasteiger partial charge in [0.1, 0.15) is 36.1 Å². The van der Waals surface area contributed by atoms with E-state index in [1.54, 1.807) is 38.4 Å². The number of hydrogen-bond donors (Lipinski definition) is 0. The molecule has 0 aliphatic carbocycles. The molecule has 0 bridgehead atoms. The number of methoxy groups -OCH3 is 1. The molecule has 10 nitrogen and oxygen atoms in total. The Morgan fingerprint density at radius 2 is 1.76 bits per heavy atom. The van der Waals surface area contributed by atoms with Crippen molar-refractivity contribution >= 4 is 37.2 Å². The first-order chi connectivity index (χ1) is 21.0. The minimum absolute atomic E-state index is 0.0694. The van der Waals surface area contributed by atoms with E-state index in [2.05, 4.69) is 38.8 Å². The van der Waals surface area contributed by atoms with Gasteiger partial charge in [-0.1, -0.05) is 71.0 Å². The molecule has 0 unspecified atom stereocenters. The maximum Gasteiger partial charge on any atom is 0.410 e. The normalized spacial score (nSPS) is 21.1. The van der Waals surface area contributed by atoms with E-state index in [-0.39, 0.29) is 36.0 Å². The molecule has 248 valence electrons. The molecule has 0 radical (unpaired) electrons. The summed E-state index contributed by atoms with van der Waals surface area (Å²) in [5.74, 6) is -0.685. The number of aromatic nitrogens is 1. The molecule has 0 N–H and O–H groups in total. The Morgan fingerprint density at radius 3 is 2.31 bits per heavy atom. The van der Waals surface area contributed by atoms with Gasteiger partial charge in [0.05, 0.1) is 6.10 Å². The molecule has 0 saturated carbocycles. The molecule has 0 spiro atoms. The van der Waals surface area contributed by atoms with Gasteiger partial charge >= 0.3 is 6.09 Å². The van der Waals surface area contributed by atoms with Crippen molar-refractivity contribution in [3.63, 3.8) is 0 Å². The summed E-state index contributed by atoms with van der Waals surface area (Å²) >= 11 is 0.950. The van der Waals surface area contributed by atoms with E-state index in [1.807, 2.05) is 44.2 Å². The van der Waals surface area contributed by atoms with Crippen molar-refractivity contribution in [1.82, 2.24) is 14.8 Å². The molecular formula is C33H49N3O7SSi. The van der Waals surface area contributed by atoms with Crippen LogP contribution in [0.5, 0.6) is 0 Å². The number of likely N-dealkylation sites (N-methyl/N-ethyl adjacent to an activating group) is 1. The minimum atomic E-state index is -2.41. The van der Waals surface area contributed by atoms with Crippen LogP contribution in [-0.2, 0) is 34.8 Å². The third-order valence-electron chi connectivity index (χ3n) is 8.73. The van der Waals surface area contributed by atoms with Crippen molar-refractivity contribution in [3.8, 4) is 0 Å². The van der Waals surface area contributed by atoms with Crippen LogP contribution in [0.15, 0.2) is 59.8 Å². The molecule has 1 aliphatic heterocycles. The van der Waals surface area contributed by atoms with Gasteiger partial charge in [0.15, 0.2) is 8.32 Å². The fraction of sp³-hybridized carbons (Fsp3) is 0.576. The standard InChI is InChI=1S/C33H49N3O7SSi/c1-23(2)27(35(7)31(39)41-21-24-16-12-11-13-17-24)29(37)36-20-25(43-45(9,10)32(3,4)5)33(6,42-22-40-8)28(36)30(38)44-26-18-14-15-19-34-26/h11-19,23,25,27-28H,20-22H2,1-10H3/t25-,27+,28-,33-/m1/s1. The fourth-order valence-electron chi connectivity index (χ4n) is 5.14. The first kappa shape index (κ1) is 36.7. The molecular weight excluding hydrogens is 611 g/mol. The van der Waals surface area contributed by atoms with Crippen molar-refractivity contribution in [2.45, 2.75) is 95.1 Å². The molecule has 1 aromatic heterocycles. The lowest BCUT2D eigenvalue weighted by Crippen LogP contribution is -2.59. The van der Waals surface area contributed by atoms with Gasteiger partial charge in [-0.2, -0.15) is 0 Å². The maximum atomic E-state index is 14.6. The van der Waals surface area contributed by atoms with E-state index in [9.17, 15) is 14.4 Å². The smallest absolute Gasteiger partial charge is 0.410 e. The number of ether oxygens (including phenoxy) is 3. The van der Waals surface area contributed by atoms with Crippen LogP contribution >= 0.6 is 11.8 Å². The van der Waals surface area contributed by atoms with Gasteiger partial charge in [-0.05, 0) is 60.4 Å². The van der Waals surface area contributed by atoms with Crippen LogP contribution in [0.25, 0.3) is 0 Å². The highest BCUT2D eigenvalue weighted by molar-refractivity contribution is 8.13. The molecule has 4 atom stereocenters. The average Bonchev–Trinajstić information content (AvgIpc) is 3.26. The first-order valence-corrected chi connectivity index (χ1v) is 18.9. The summed E-state index contributed by atoms with van der Waals surface area (Å²) in [5, 5.41) is 0.0384. The Hall–Kier alpha value is -2.77. The Morgan fingerprint density at radius 1 is 1.11 bits per heavy atom. The van der Waals surface area contributed by atoms with Gasteiger partial charge < -0.3 is 23.5 Å². The predicted octanol–water partition coefficient (Wildman–Crippen LogP) is 5.97. The highest BCUT2D eigenvalue weighted by Gasteiger charge is 2.60. The van der Waals surface area contributed by atoms with E-state index < -0.39 is 44.1 Å². The highest BCUT2D eigenvalue weighted by Crippen LogP contribution is 2.44. The van der Waals surface area contributed by atoms with Gasteiger partial charge in [-0.25, -0.2) is 9.78 Å². The molecule has 12 heteroatoms. The minimum Gasteiger partial charge on any atom is -0.445 e. The number of amides is 2. The number of benzene rings is 1. The Balaban J connectivity index is 2.02. The summed E-state index contributed by atoms with van der Waals surface area (Å²) < 4.78 is 24.1. The van der Waals surface area contributed by atoms with E-state index >= 15 is 0 Å². The zero-order valence-electron chi connectivity index (χ0n) is 28.2. The van der Waals surface area contributed by atoms with E-state index in [4.69, 9.17) is 18.6 Å². The van der Waals surface area contributed by atoms with Gasteiger partial charge in [0.2, 0.25) is 11.0 Å². The van der Waals surface area contributed by atoms with Gasteiger partial charge in [0.25, 0.3) is 0 Å². The zero-order valence-corrected chi connectivity index (χ0v) is 30.1. The van der Waals surface area contributed by atoms with Gasteiger partial charge in [-0.15, -0.1) is 0 Å². The van der Waals surface area contributed by atoms with E-state index in [0.717, 1.165) is 17.3 Å². The van der Waals surface area contributed by atoms with Crippen molar-refractivity contribution in [1.29, 1.82) is 0 Å². The maximum absolute atomic E-state index is 14.6. The van der Waals surface area contributed by atoms with Crippen LogP contribution in [0, 0.1) is 5.92 Å². The lowest BCUT2D eigenvalue weighted by molar-refractivity contribution is -0.169. The topological polar surface area (TPSA) is 108 Å². The van der Waals surface area contributed by atoms with Crippen LogP contribution in [0.1, 0.15) is 47.1 Å². The van der Waals surface area contributed by atoms with Crippen molar-refractivity contribution in [3.05, 3.63) is 60.3 Å². The van der Waals surface area contributed by atoms with Crippen LogP contribution < -0.4 is 0 Å².